The van der Waals surface area contributed by atoms with Gasteiger partial charge in [0.1, 0.15) is 35.0 Å². The number of aromatic nitrogens is 1. The molecule has 0 bridgehead atoms. The molecule has 0 aliphatic heterocycles. The van der Waals surface area contributed by atoms with Gasteiger partial charge in [-0.1, -0.05) is 30.3 Å². The molecular weight excluding hydrogens is 628 g/mol. The highest BCUT2D eigenvalue weighted by atomic mass is 16.5. The molecule has 3 aromatic carbocycles. The number of fused-ring (bicyclic) bond motifs is 5. The predicted molar refractivity (Wildman–Crippen MR) is 181 cm³/mol. The van der Waals surface area contributed by atoms with E-state index in [1.807, 2.05) is 79.7 Å². The molecule has 0 spiro atoms. The number of benzene rings is 3. The SMILES string of the molecule is CN(C)c1cc2nc(-c3ccc(OCc4ccccc4)cc3)oc2c2c1C[C@H]1C[C@H]3[C@H](N(C)C)C(=O)C(C(N)=O)=C(O)[C@@]3(O)C(=O)C1=C2O. The van der Waals surface area contributed by atoms with Crippen molar-refractivity contribution in [2.45, 2.75) is 31.1 Å². The van der Waals surface area contributed by atoms with E-state index in [0.29, 0.717) is 29.0 Å². The molecular formula is C37H36N4O8. The molecule has 1 amide bonds. The summed E-state index contributed by atoms with van der Waals surface area (Å²) in [6, 6.07) is 17.8. The van der Waals surface area contributed by atoms with Crippen LogP contribution in [-0.2, 0) is 27.4 Å². The van der Waals surface area contributed by atoms with Gasteiger partial charge in [0.05, 0.1) is 11.6 Å². The summed E-state index contributed by atoms with van der Waals surface area (Å²) in [6.45, 7) is 0.412. The summed E-state index contributed by atoms with van der Waals surface area (Å²) in [6.07, 6.45) is 0.318. The number of nitrogens with two attached hydrogens (primary N) is 1. The molecule has 0 radical (unpaired) electrons. The summed E-state index contributed by atoms with van der Waals surface area (Å²) < 4.78 is 12.2. The van der Waals surface area contributed by atoms with Gasteiger partial charge in [-0.15, -0.1) is 0 Å². The van der Waals surface area contributed by atoms with E-state index in [0.717, 1.165) is 11.3 Å². The largest absolute Gasteiger partial charge is 0.508 e. The molecule has 4 aromatic rings. The van der Waals surface area contributed by atoms with Gasteiger partial charge >= 0.3 is 0 Å². The maximum absolute atomic E-state index is 14.3. The van der Waals surface area contributed by atoms with Crippen LogP contribution in [0.15, 0.2) is 82.0 Å². The molecule has 0 saturated heterocycles. The van der Waals surface area contributed by atoms with E-state index in [9.17, 15) is 29.7 Å². The van der Waals surface area contributed by atoms with Crippen LogP contribution in [0, 0.1) is 11.8 Å². The lowest BCUT2D eigenvalue weighted by Gasteiger charge is -2.50. The fraction of sp³-hybridized carbons (Fsp3) is 0.297. The first-order valence-electron chi connectivity index (χ1n) is 15.9. The minimum Gasteiger partial charge on any atom is -0.508 e. The number of aliphatic hydroxyl groups excluding tert-OH is 2. The Hall–Kier alpha value is -5.46. The maximum atomic E-state index is 14.3. The summed E-state index contributed by atoms with van der Waals surface area (Å²) >= 11 is 0. The number of oxazole rings is 1. The minimum absolute atomic E-state index is 0.0526. The first-order valence-corrected chi connectivity index (χ1v) is 15.9. The number of carbonyl (C=O) groups is 3. The van der Waals surface area contributed by atoms with Crippen LogP contribution in [0.2, 0.25) is 0 Å². The van der Waals surface area contributed by atoms with Gasteiger partial charge in [-0.05, 0) is 74.3 Å². The number of anilines is 1. The van der Waals surface area contributed by atoms with Crippen LogP contribution in [0.3, 0.4) is 0 Å². The first-order chi connectivity index (χ1) is 23.3. The van der Waals surface area contributed by atoms with E-state index in [1.54, 1.807) is 14.1 Å². The number of nitrogens with zero attached hydrogens (tertiary/aromatic N) is 3. The molecule has 12 heteroatoms. The molecule has 0 unspecified atom stereocenters. The van der Waals surface area contributed by atoms with Crippen LogP contribution >= 0.6 is 0 Å². The number of hydrogen-bond donors (Lipinski definition) is 4. The summed E-state index contributed by atoms with van der Waals surface area (Å²) in [7, 11) is 6.88. The molecule has 3 aliphatic rings. The highest BCUT2D eigenvalue weighted by molar-refractivity contribution is 6.24. The van der Waals surface area contributed by atoms with E-state index in [-0.39, 0.29) is 35.5 Å². The van der Waals surface area contributed by atoms with Crippen molar-refractivity contribution < 1.29 is 38.9 Å². The van der Waals surface area contributed by atoms with Gasteiger partial charge < -0.3 is 35.1 Å². The van der Waals surface area contributed by atoms with Crippen molar-refractivity contribution in [1.82, 2.24) is 9.88 Å². The van der Waals surface area contributed by atoms with Crippen LogP contribution in [0.5, 0.6) is 5.75 Å². The Balaban J connectivity index is 1.32. The third kappa shape index (κ3) is 4.89. The highest BCUT2D eigenvalue weighted by Crippen LogP contribution is 2.53. The van der Waals surface area contributed by atoms with Gasteiger partial charge in [-0.2, -0.15) is 0 Å². The molecule has 1 aromatic heterocycles. The predicted octanol–water partition coefficient (Wildman–Crippen LogP) is 3.71. The van der Waals surface area contributed by atoms with Gasteiger partial charge in [0.2, 0.25) is 11.7 Å². The summed E-state index contributed by atoms with van der Waals surface area (Å²) in [5.41, 5.74) is 5.91. The Labute approximate surface area is 281 Å². The second-order valence-electron chi connectivity index (χ2n) is 13.3. The van der Waals surface area contributed by atoms with Crippen LogP contribution < -0.4 is 15.4 Å². The number of aliphatic hydroxyl groups is 3. The summed E-state index contributed by atoms with van der Waals surface area (Å²) in [4.78, 5) is 48.1. The van der Waals surface area contributed by atoms with Gasteiger partial charge in [0.15, 0.2) is 17.0 Å². The molecule has 5 N–H and O–H groups in total. The Morgan fingerprint density at radius 3 is 2.39 bits per heavy atom. The van der Waals surface area contributed by atoms with Crippen molar-refractivity contribution in [3.63, 3.8) is 0 Å². The molecule has 7 rings (SSSR count). The molecule has 12 nitrogen and oxygen atoms in total. The normalized spacial score (nSPS) is 23.4. The number of Topliss-reactive ketones (excluding diaryl/α,β-unsaturated/α-hetero) is 2. The van der Waals surface area contributed by atoms with Crippen molar-refractivity contribution in [2.75, 3.05) is 33.1 Å². The third-order valence-electron chi connectivity index (χ3n) is 9.91. The number of likely N-dealkylation sites (N-methyl/N-ethyl adjacent to an activating group) is 1. The Morgan fingerprint density at radius 1 is 1.06 bits per heavy atom. The average Bonchev–Trinajstić information content (AvgIpc) is 3.49. The average molecular weight is 665 g/mol. The van der Waals surface area contributed by atoms with Crippen molar-refractivity contribution in [1.29, 1.82) is 0 Å². The third-order valence-corrected chi connectivity index (χ3v) is 9.91. The molecule has 1 fully saturated rings. The number of ether oxygens (including phenoxy) is 1. The van der Waals surface area contributed by atoms with Crippen molar-refractivity contribution in [3.05, 3.63) is 94.3 Å². The lowest BCUT2D eigenvalue weighted by atomic mass is 9.57. The van der Waals surface area contributed by atoms with E-state index in [2.05, 4.69) is 0 Å². The fourth-order valence-corrected chi connectivity index (χ4v) is 7.64. The van der Waals surface area contributed by atoms with Crippen molar-refractivity contribution in [2.24, 2.45) is 17.6 Å². The highest BCUT2D eigenvalue weighted by Gasteiger charge is 2.64. The quantitative estimate of drug-likeness (QED) is 0.212. The topological polar surface area (TPSA) is 180 Å². The number of hydrogen-bond acceptors (Lipinski definition) is 11. The first kappa shape index (κ1) is 32.1. The van der Waals surface area contributed by atoms with Gasteiger partial charge in [0.25, 0.3) is 5.91 Å². The lowest BCUT2D eigenvalue weighted by Crippen LogP contribution is -2.65. The van der Waals surface area contributed by atoms with Gasteiger partial charge in [-0.3, -0.25) is 19.3 Å². The van der Waals surface area contributed by atoms with E-state index >= 15 is 0 Å². The van der Waals surface area contributed by atoms with Crippen molar-refractivity contribution in [3.8, 4) is 17.2 Å². The van der Waals surface area contributed by atoms with Crippen LogP contribution in [-0.4, -0.2) is 82.5 Å². The van der Waals surface area contributed by atoms with Crippen LogP contribution in [0.25, 0.3) is 28.3 Å². The van der Waals surface area contributed by atoms with Crippen LogP contribution in [0.1, 0.15) is 23.1 Å². The molecule has 1 heterocycles. The number of rotatable bonds is 7. The van der Waals surface area contributed by atoms with Crippen LogP contribution in [0.4, 0.5) is 5.69 Å². The zero-order valence-electron chi connectivity index (χ0n) is 27.4. The van der Waals surface area contributed by atoms with Gasteiger partial charge in [-0.25, -0.2) is 4.98 Å². The van der Waals surface area contributed by atoms with Gasteiger partial charge in [0, 0.05) is 36.8 Å². The lowest BCUT2D eigenvalue weighted by molar-refractivity contribution is -0.153. The Bertz CT molecular complexity index is 2100. The Kier molecular flexibility index (Phi) is 7.60. The fourth-order valence-electron chi connectivity index (χ4n) is 7.64. The van der Waals surface area contributed by atoms with E-state index in [1.165, 1.54) is 4.90 Å². The van der Waals surface area contributed by atoms with E-state index in [4.69, 9.17) is 19.9 Å². The number of ketones is 2. The smallest absolute Gasteiger partial charge is 0.255 e. The van der Waals surface area contributed by atoms with Crippen molar-refractivity contribution >= 4 is 40.0 Å². The minimum atomic E-state index is -2.67. The summed E-state index contributed by atoms with van der Waals surface area (Å²) in [5, 5.41) is 35.1. The monoisotopic (exact) mass is 664 g/mol. The maximum Gasteiger partial charge on any atom is 0.255 e. The second kappa shape index (κ2) is 11.6. The molecule has 4 atom stereocenters. The zero-order valence-corrected chi connectivity index (χ0v) is 27.4. The molecule has 3 aliphatic carbocycles. The standard InChI is InChI=1S/C37H36N4O8/c1-40(2)25-16-24-32(49-36(39-24)19-10-12-21(13-11-19)48-17-18-8-6-5-7-9-18)27-22(25)14-20-15-23-29(41(3)4)31(43)28(35(38)46)34(45)37(23,47)33(44)26(20)30(27)42/h5-13,16,20,23,29,42,45,47H,14-15,17H2,1-4H3,(H2,38,46)/t20-,23-,29-,37-/m0/s1. The number of amides is 1. The molecule has 252 valence electrons. The van der Waals surface area contributed by atoms with E-state index < -0.39 is 58.0 Å². The Morgan fingerprint density at radius 2 is 1.76 bits per heavy atom. The number of primary amides is 1. The number of carbonyl (C=O) groups excluding carboxylic acids is 3. The second-order valence-corrected chi connectivity index (χ2v) is 13.3. The molecule has 1 saturated carbocycles. The zero-order chi connectivity index (χ0) is 34.9. The summed E-state index contributed by atoms with van der Waals surface area (Å²) in [5.74, 6) is -5.33. The molecule has 49 heavy (non-hydrogen) atoms.